The number of rotatable bonds is 5. The summed E-state index contributed by atoms with van der Waals surface area (Å²) in [6.07, 6.45) is -4.43. The van der Waals surface area contributed by atoms with Crippen LogP contribution in [0.1, 0.15) is 40.0 Å². The average Bonchev–Trinajstić information content (AvgIpc) is 2.72. The first-order valence-electron chi connectivity index (χ1n) is 9.00. The summed E-state index contributed by atoms with van der Waals surface area (Å²) >= 11 is 0. The molecule has 0 N–H and O–H groups in total. The second-order valence-corrected chi connectivity index (χ2v) is 6.39. The van der Waals surface area contributed by atoms with Gasteiger partial charge in [0.15, 0.2) is 0 Å². The van der Waals surface area contributed by atoms with E-state index in [4.69, 9.17) is 0 Å². The molecule has 0 saturated carbocycles. The molecule has 2 nitrogen and oxygen atoms in total. The molecule has 0 fully saturated rings. The minimum atomic E-state index is -4.43. The summed E-state index contributed by atoms with van der Waals surface area (Å²) in [5, 5.41) is 0. The van der Waals surface area contributed by atoms with Crippen LogP contribution in [-0.2, 0) is 6.18 Å². The minimum absolute atomic E-state index is 0.228. The van der Waals surface area contributed by atoms with Gasteiger partial charge in [-0.15, -0.1) is 0 Å². The summed E-state index contributed by atoms with van der Waals surface area (Å²) in [4.78, 5) is 14.8. The van der Waals surface area contributed by atoms with Crippen molar-refractivity contribution in [1.82, 2.24) is 4.90 Å². The lowest BCUT2D eigenvalue weighted by Crippen LogP contribution is -2.35. The van der Waals surface area contributed by atoms with Gasteiger partial charge in [-0.05, 0) is 42.3 Å². The van der Waals surface area contributed by atoms with Crippen molar-refractivity contribution in [1.29, 1.82) is 0 Å². The fraction of sp³-hybridized carbons (Fsp3) is 0.174. The van der Waals surface area contributed by atoms with E-state index >= 15 is 0 Å². The van der Waals surface area contributed by atoms with E-state index in [1.165, 1.54) is 12.1 Å². The zero-order valence-corrected chi connectivity index (χ0v) is 15.4. The lowest BCUT2D eigenvalue weighted by molar-refractivity contribution is -0.137. The predicted molar refractivity (Wildman–Crippen MR) is 103 cm³/mol. The Morgan fingerprint density at radius 1 is 0.821 bits per heavy atom. The molecule has 0 aliphatic carbocycles. The molecule has 0 radical (unpaired) electrons. The highest BCUT2D eigenvalue weighted by atomic mass is 19.4. The second-order valence-electron chi connectivity index (χ2n) is 6.39. The van der Waals surface area contributed by atoms with Crippen molar-refractivity contribution in [2.24, 2.45) is 0 Å². The molecular formula is C23H20F3NO. The standard InChI is InChI=1S/C23H20F3NO/c1-2-27(22(28)19-13-15-20(16-14-19)23(24,25)26)21(17-9-5-3-6-10-17)18-11-7-4-8-12-18/h3-16,21H,2H2,1H3. The molecule has 0 unspecified atom stereocenters. The van der Waals surface area contributed by atoms with Gasteiger partial charge < -0.3 is 4.90 Å². The Hall–Kier alpha value is -3.08. The summed E-state index contributed by atoms with van der Waals surface area (Å²) in [5.41, 5.74) is 1.34. The van der Waals surface area contributed by atoms with Gasteiger partial charge in [0.05, 0.1) is 11.6 Å². The Morgan fingerprint density at radius 2 is 1.29 bits per heavy atom. The van der Waals surface area contributed by atoms with Crippen molar-refractivity contribution in [3.63, 3.8) is 0 Å². The van der Waals surface area contributed by atoms with Gasteiger partial charge in [0.25, 0.3) is 5.91 Å². The van der Waals surface area contributed by atoms with Crippen molar-refractivity contribution in [3.05, 3.63) is 107 Å². The third-order valence-electron chi connectivity index (χ3n) is 4.60. The van der Waals surface area contributed by atoms with E-state index in [1.807, 2.05) is 67.6 Å². The zero-order chi connectivity index (χ0) is 20.1. The topological polar surface area (TPSA) is 20.3 Å². The maximum atomic E-state index is 13.2. The first-order valence-corrected chi connectivity index (χ1v) is 9.00. The smallest absolute Gasteiger partial charge is 0.328 e. The van der Waals surface area contributed by atoms with Crippen LogP contribution in [-0.4, -0.2) is 17.4 Å². The Balaban J connectivity index is 1.99. The van der Waals surface area contributed by atoms with Gasteiger partial charge in [0, 0.05) is 12.1 Å². The number of carbonyl (C=O) groups excluding carboxylic acids is 1. The lowest BCUT2D eigenvalue weighted by Gasteiger charge is -2.32. The molecule has 3 rings (SSSR count). The highest BCUT2D eigenvalue weighted by Crippen LogP contribution is 2.32. The monoisotopic (exact) mass is 383 g/mol. The van der Waals surface area contributed by atoms with Gasteiger partial charge in [-0.3, -0.25) is 4.79 Å². The molecule has 1 amide bonds. The predicted octanol–water partition coefficient (Wildman–Crippen LogP) is 5.96. The van der Waals surface area contributed by atoms with E-state index in [0.29, 0.717) is 6.54 Å². The number of hydrogen-bond acceptors (Lipinski definition) is 1. The average molecular weight is 383 g/mol. The SMILES string of the molecule is CCN(C(=O)c1ccc(C(F)(F)F)cc1)C(c1ccccc1)c1ccccc1. The van der Waals surface area contributed by atoms with E-state index in [1.54, 1.807) is 4.90 Å². The number of halogens is 3. The second kappa shape index (κ2) is 8.30. The van der Waals surface area contributed by atoms with Crippen molar-refractivity contribution in [2.75, 3.05) is 6.54 Å². The lowest BCUT2D eigenvalue weighted by atomic mass is 9.96. The number of hydrogen-bond donors (Lipinski definition) is 0. The normalized spacial score (nSPS) is 11.5. The molecule has 0 bridgehead atoms. The van der Waals surface area contributed by atoms with Crippen LogP contribution >= 0.6 is 0 Å². The molecule has 0 heterocycles. The molecule has 5 heteroatoms. The van der Waals surface area contributed by atoms with Gasteiger partial charge >= 0.3 is 6.18 Å². The highest BCUT2D eigenvalue weighted by Gasteiger charge is 2.31. The van der Waals surface area contributed by atoms with Crippen molar-refractivity contribution >= 4 is 5.91 Å². The van der Waals surface area contributed by atoms with Crippen LogP contribution in [0.25, 0.3) is 0 Å². The first kappa shape index (κ1) is 19.7. The van der Waals surface area contributed by atoms with Crippen molar-refractivity contribution < 1.29 is 18.0 Å². The molecule has 144 valence electrons. The summed E-state index contributed by atoms with van der Waals surface area (Å²) in [5.74, 6) is -0.311. The maximum absolute atomic E-state index is 13.2. The largest absolute Gasteiger partial charge is 0.416 e. The Kier molecular flexibility index (Phi) is 5.83. The summed E-state index contributed by atoms with van der Waals surface area (Å²) < 4.78 is 38.5. The molecule has 0 spiro atoms. The third kappa shape index (κ3) is 4.25. The number of nitrogens with zero attached hydrogens (tertiary/aromatic N) is 1. The van der Waals surface area contributed by atoms with Gasteiger partial charge in [0.1, 0.15) is 0 Å². The fourth-order valence-corrected chi connectivity index (χ4v) is 3.23. The third-order valence-corrected chi connectivity index (χ3v) is 4.60. The molecule has 3 aromatic rings. The van der Waals surface area contributed by atoms with Crippen molar-refractivity contribution in [2.45, 2.75) is 19.1 Å². The van der Waals surface area contributed by atoms with Crippen LogP contribution in [0.15, 0.2) is 84.9 Å². The molecule has 0 aliphatic rings. The Labute approximate surface area is 162 Å². The van der Waals surface area contributed by atoms with Gasteiger partial charge in [-0.2, -0.15) is 13.2 Å². The molecule has 3 aromatic carbocycles. The van der Waals surface area contributed by atoms with E-state index in [9.17, 15) is 18.0 Å². The van der Waals surface area contributed by atoms with Crippen LogP contribution in [0.4, 0.5) is 13.2 Å². The molecule has 0 aromatic heterocycles. The van der Waals surface area contributed by atoms with E-state index in [-0.39, 0.29) is 17.5 Å². The van der Waals surface area contributed by atoms with Crippen LogP contribution < -0.4 is 0 Å². The van der Waals surface area contributed by atoms with Gasteiger partial charge in [-0.25, -0.2) is 0 Å². The number of alkyl halides is 3. The number of carbonyl (C=O) groups is 1. The molecular weight excluding hydrogens is 363 g/mol. The first-order chi connectivity index (χ1) is 13.4. The number of amides is 1. The quantitative estimate of drug-likeness (QED) is 0.533. The molecule has 28 heavy (non-hydrogen) atoms. The van der Waals surface area contributed by atoms with Crippen LogP contribution in [0.2, 0.25) is 0 Å². The Morgan fingerprint density at radius 3 is 1.68 bits per heavy atom. The Bertz CT molecular complexity index is 867. The van der Waals surface area contributed by atoms with E-state index < -0.39 is 11.7 Å². The zero-order valence-electron chi connectivity index (χ0n) is 15.4. The minimum Gasteiger partial charge on any atom is -0.328 e. The highest BCUT2D eigenvalue weighted by molar-refractivity contribution is 5.94. The summed E-state index contributed by atoms with van der Waals surface area (Å²) in [7, 11) is 0. The maximum Gasteiger partial charge on any atom is 0.416 e. The van der Waals surface area contributed by atoms with Crippen LogP contribution in [0.3, 0.4) is 0 Å². The van der Waals surface area contributed by atoms with Gasteiger partial charge in [0.2, 0.25) is 0 Å². The fourth-order valence-electron chi connectivity index (χ4n) is 3.23. The van der Waals surface area contributed by atoms with Crippen LogP contribution in [0, 0.1) is 0 Å². The molecule has 0 atom stereocenters. The molecule has 0 saturated heterocycles. The van der Waals surface area contributed by atoms with E-state index in [0.717, 1.165) is 23.3 Å². The van der Waals surface area contributed by atoms with Gasteiger partial charge in [-0.1, -0.05) is 60.7 Å². The summed E-state index contributed by atoms with van der Waals surface area (Å²) in [6.45, 7) is 2.27. The number of benzene rings is 3. The molecule has 0 aliphatic heterocycles. The van der Waals surface area contributed by atoms with E-state index in [2.05, 4.69) is 0 Å². The van der Waals surface area contributed by atoms with Crippen molar-refractivity contribution in [3.8, 4) is 0 Å². The summed E-state index contributed by atoms with van der Waals surface area (Å²) in [6, 6.07) is 23.2. The van der Waals surface area contributed by atoms with Crippen LogP contribution in [0.5, 0.6) is 0 Å².